The van der Waals surface area contributed by atoms with Gasteiger partial charge in [0.05, 0.1) is 23.6 Å². The van der Waals surface area contributed by atoms with Gasteiger partial charge in [-0.3, -0.25) is 4.79 Å². The third kappa shape index (κ3) is 3.60. The smallest absolute Gasteiger partial charge is 0.306 e. The van der Waals surface area contributed by atoms with E-state index in [2.05, 4.69) is 23.2 Å². The minimum Gasteiger partial charge on any atom is -0.466 e. The number of H-pyrrole nitrogens is 1. The summed E-state index contributed by atoms with van der Waals surface area (Å²) in [6.07, 6.45) is 2.29. The summed E-state index contributed by atoms with van der Waals surface area (Å²) in [5, 5.41) is 1.81. The molecule has 124 valence electrons. The number of hydrogen-bond acceptors (Lipinski definition) is 3. The Hall–Kier alpha value is -1.91. The fraction of sp³-hybridized carbons (Fsp3) is 0.211. The quantitative estimate of drug-likeness (QED) is 0.464. The predicted molar refractivity (Wildman–Crippen MR) is 101 cm³/mol. The third-order valence-electron chi connectivity index (χ3n) is 3.71. The van der Waals surface area contributed by atoms with Crippen LogP contribution in [0.2, 0.25) is 5.02 Å². The van der Waals surface area contributed by atoms with Crippen LogP contribution in [0, 0.1) is 0 Å². The van der Waals surface area contributed by atoms with Crippen LogP contribution in [0.1, 0.15) is 13.3 Å². The summed E-state index contributed by atoms with van der Waals surface area (Å²) in [5.41, 5.74) is 3.01. The zero-order valence-corrected chi connectivity index (χ0v) is 14.9. The van der Waals surface area contributed by atoms with Crippen molar-refractivity contribution in [2.75, 3.05) is 12.4 Å². The summed E-state index contributed by atoms with van der Waals surface area (Å²) in [5.74, 6) is 0.520. The van der Waals surface area contributed by atoms with E-state index in [-0.39, 0.29) is 5.97 Å². The van der Waals surface area contributed by atoms with Gasteiger partial charge in [-0.05, 0) is 24.6 Å². The summed E-state index contributed by atoms with van der Waals surface area (Å²) < 4.78 is 4.98. The Morgan fingerprint density at radius 2 is 2.00 bits per heavy atom. The standard InChI is InChI=1S/C19H18ClNO2S/c1-2-23-17(22)10-12-24-16-6-4-3-5-14(16)15-8-7-13-9-11-21-19(13)18(15)20/h3-9,11,21H,2,10,12H2,1H3. The van der Waals surface area contributed by atoms with Crippen molar-refractivity contribution in [1.82, 2.24) is 4.98 Å². The van der Waals surface area contributed by atoms with Crippen molar-refractivity contribution in [2.45, 2.75) is 18.2 Å². The lowest BCUT2D eigenvalue weighted by molar-refractivity contribution is -0.142. The SMILES string of the molecule is CCOC(=O)CCSc1ccccc1-c1ccc2cc[nH]c2c1Cl. The summed E-state index contributed by atoms with van der Waals surface area (Å²) in [6, 6.07) is 14.2. The van der Waals surface area contributed by atoms with E-state index >= 15 is 0 Å². The highest BCUT2D eigenvalue weighted by atomic mass is 35.5. The zero-order chi connectivity index (χ0) is 16.9. The van der Waals surface area contributed by atoms with E-state index in [9.17, 15) is 4.79 Å². The number of hydrogen-bond donors (Lipinski definition) is 1. The van der Waals surface area contributed by atoms with Gasteiger partial charge in [0.1, 0.15) is 0 Å². The van der Waals surface area contributed by atoms with E-state index in [0.717, 1.165) is 31.9 Å². The first-order valence-electron chi connectivity index (χ1n) is 7.84. The fourth-order valence-electron chi connectivity index (χ4n) is 2.59. The van der Waals surface area contributed by atoms with Crippen molar-refractivity contribution in [1.29, 1.82) is 0 Å². The monoisotopic (exact) mass is 359 g/mol. The summed E-state index contributed by atoms with van der Waals surface area (Å²) >= 11 is 8.24. The first-order chi connectivity index (χ1) is 11.7. The molecule has 0 aliphatic heterocycles. The van der Waals surface area contributed by atoms with Crippen molar-refractivity contribution < 1.29 is 9.53 Å². The van der Waals surface area contributed by atoms with Gasteiger partial charge < -0.3 is 9.72 Å². The van der Waals surface area contributed by atoms with Gasteiger partial charge in [0, 0.05) is 27.8 Å². The Kier molecular flexibility index (Phi) is 5.48. The number of thioether (sulfide) groups is 1. The molecule has 3 aromatic rings. The molecule has 3 nitrogen and oxygen atoms in total. The van der Waals surface area contributed by atoms with Crippen molar-refractivity contribution >= 4 is 40.2 Å². The molecule has 5 heteroatoms. The average Bonchev–Trinajstić information content (AvgIpc) is 3.06. The third-order valence-corrected chi connectivity index (χ3v) is 5.18. The maximum Gasteiger partial charge on any atom is 0.306 e. The number of aromatic nitrogens is 1. The van der Waals surface area contributed by atoms with Crippen molar-refractivity contribution in [3.8, 4) is 11.1 Å². The number of esters is 1. The molecule has 0 atom stereocenters. The minimum atomic E-state index is -0.159. The molecule has 3 rings (SSSR count). The Balaban J connectivity index is 1.85. The van der Waals surface area contributed by atoms with E-state index in [1.54, 1.807) is 11.8 Å². The highest BCUT2D eigenvalue weighted by Gasteiger charge is 2.12. The van der Waals surface area contributed by atoms with Gasteiger partial charge in [-0.1, -0.05) is 41.9 Å². The number of fused-ring (bicyclic) bond motifs is 1. The molecule has 24 heavy (non-hydrogen) atoms. The van der Waals surface area contributed by atoms with Gasteiger partial charge in [0.25, 0.3) is 0 Å². The topological polar surface area (TPSA) is 42.1 Å². The first kappa shape index (κ1) is 16.9. The number of benzene rings is 2. The van der Waals surface area contributed by atoms with Gasteiger partial charge in [-0.2, -0.15) is 0 Å². The number of ether oxygens (including phenoxy) is 1. The maximum absolute atomic E-state index is 11.5. The molecule has 1 heterocycles. The van der Waals surface area contributed by atoms with Crippen LogP contribution < -0.4 is 0 Å². The Labute approximate surface area is 150 Å². The highest BCUT2D eigenvalue weighted by Crippen LogP contribution is 2.38. The van der Waals surface area contributed by atoms with Crippen molar-refractivity contribution in [3.63, 3.8) is 0 Å². The van der Waals surface area contributed by atoms with E-state index in [1.165, 1.54) is 0 Å². The van der Waals surface area contributed by atoms with Gasteiger partial charge in [0.15, 0.2) is 0 Å². The number of nitrogens with one attached hydrogen (secondary N) is 1. The van der Waals surface area contributed by atoms with Crippen LogP contribution in [0.5, 0.6) is 0 Å². The Morgan fingerprint density at radius 3 is 2.83 bits per heavy atom. The maximum atomic E-state index is 11.5. The lowest BCUT2D eigenvalue weighted by Gasteiger charge is -2.11. The fourth-order valence-corrected chi connectivity index (χ4v) is 3.92. The second-order valence-corrected chi connectivity index (χ2v) is 6.78. The molecule has 0 spiro atoms. The highest BCUT2D eigenvalue weighted by molar-refractivity contribution is 7.99. The first-order valence-corrected chi connectivity index (χ1v) is 9.20. The molecule has 0 bridgehead atoms. The summed E-state index contributed by atoms with van der Waals surface area (Å²) in [6.45, 7) is 2.24. The molecule has 1 N–H and O–H groups in total. The minimum absolute atomic E-state index is 0.159. The second kappa shape index (κ2) is 7.77. The van der Waals surface area contributed by atoms with Crippen LogP contribution in [0.15, 0.2) is 53.6 Å². The Bertz CT molecular complexity index is 859. The van der Waals surface area contributed by atoms with Crippen molar-refractivity contribution in [2.24, 2.45) is 0 Å². The van der Waals surface area contributed by atoms with E-state index in [0.29, 0.717) is 18.8 Å². The molecule has 0 saturated carbocycles. The van der Waals surface area contributed by atoms with E-state index < -0.39 is 0 Å². The molecule has 0 fully saturated rings. The molecule has 0 amide bonds. The van der Waals surface area contributed by atoms with Crippen LogP contribution >= 0.6 is 23.4 Å². The molecule has 0 saturated heterocycles. The lowest BCUT2D eigenvalue weighted by atomic mass is 10.0. The summed E-state index contributed by atoms with van der Waals surface area (Å²) in [7, 11) is 0. The van der Waals surface area contributed by atoms with Crippen LogP contribution in [0.4, 0.5) is 0 Å². The molecule has 0 aliphatic carbocycles. The lowest BCUT2D eigenvalue weighted by Crippen LogP contribution is -2.04. The van der Waals surface area contributed by atoms with Gasteiger partial charge >= 0.3 is 5.97 Å². The molecular weight excluding hydrogens is 342 g/mol. The van der Waals surface area contributed by atoms with Crippen LogP contribution in [0.25, 0.3) is 22.0 Å². The number of rotatable bonds is 6. The van der Waals surface area contributed by atoms with Crippen LogP contribution in [-0.4, -0.2) is 23.3 Å². The number of halogens is 1. The van der Waals surface area contributed by atoms with E-state index in [1.807, 2.05) is 37.4 Å². The van der Waals surface area contributed by atoms with Gasteiger partial charge in [-0.25, -0.2) is 0 Å². The molecule has 0 aliphatic rings. The van der Waals surface area contributed by atoms with Crippen molar-refractivity contribution in [3.05, 3.63) is 53.7 Å². The normalized spacial score (nSPS) is 10.9. The zero-order valence-electron chi connectivity index (χ0n) is 13.3. The molecule has 0 unspecified atom stereocenters. The number of aromatic amines is 1. The second-order valence-electron chi connectivity index (χ2n) is 5.27. The summed E-state index contributed by atoms with van der Waals surface area (Å²) in [4.78, 5) is 15.8. The number of carbonyl (C=O) groups excluding carboxylic acids is 1. The number of carbonyl (C=O) groups is 1. The van der Waals surface area contributed by atoms with E-state index in [4.69, 9.17) is 16.3 Å². The molecule has 1 aromatic heterocycles. The average molecular weight is 360 g/mol. The molecule has 0 radical (unpaired) electrons. The van der Waals surface area contributed by atoms with Gasteiger partial charge in [0.2, 0.25) is 0 Å². The largest absolute Gasteiger partial charge is 0.466 e. The van der Waals surface area contributed by atoms with Gasteiger partial charge in [-0.15, -0.1) is 11.8 Å². The molecule has 2 aromatic carbocycles. The Morgan fingerprint density at radius 1 is 1.17 bits per heavy atom. The van der Waals surface area contributed by atoms with Crippen LogP contribution in [0.3, 0.4) is 0 Å². The molecular formula is C19H18ClNO2S. The predicted octanol–water partition coefficient (Wildman–Crippen LogP) is 5.53. The van der Waals surface area contributed by atoms with Crippen LogP contribution in [-0.2, 0) is 9.53 Å².